The molecule has 3 aromatic carbocycles. The van der Waals surface area contributed by atoms with Gasteiger partial charge in [-0.25, -0.2) is 0 Å². The van der Waals surface area contributed by atoms with Gasteiger partial charge in [0.05, 0.1) is 17.6 Å². The Bertz CT molecular complexity index is 1310. The lowest BCUT2D eigenvalue weighted by molar-refractivity contribution is -0.138. The van der Waals surface area contributed by atoms with E-state index in [-0.39, 0.29) is 12.0 Å². The Kier molecular flexibility index (Phi) is 6.15. The van der Waals surface area contributed by atoms with Crippen molar-refractivity contribution >= 4 is 22.6 Å². The molecule has 0 aliphatic heterocycles. The Hall–Kier alpha value is -4.10. The Balaban J connectivity index is 1.53. The molecule has 0 amide bonds. The fraction of sp³-hybridized carbons (Fsp3) is 0.154. The monoisotopic (exact) mass is 443 g/mol. The fourth-order valence-corrected chi connectivity index (χ4v) is 3.80. The van der Waals surface area contributed by atoms with E-state index < -0.39 is 11.9 Å². The molecule has 1 heterocycles. The van der Waals surface area contributed by atoms with E-state index in [1.807, 2.05) is 66.3 Å². The van der Waals surface area contributed by atoms with Gasteiger partial charge in [-0.05, 0) is 65.6 Å². The van der Waals surface area contributed by atoms with Gasteiger partial charge in [0.15, 0.2) is 0 Å². The zero-order valence-corrected chi connectivity index (χ0v) is 18.3. The van der Waals surface area contributed by atoms with Crippen LogP contribution in [0.25, 0.3) is 10.8 Å². The first-order valence-corrected chi connectivity index (χ1v) is 10.6. The van der Waals surface area contributed by atoms with Gasteiger partial charge in [0, 0.05) is 12.4 Å². The first-order valence-electron chi connectivity index (χ1n) is 10.6. The van der Waals surface area contributed by atoms with Gasteiger partial charge in [-0.3, -0.25) is 15.9 Å². The first kappa shape index (κ1) is 22.1. The molecule has 2 atom stereocenters. The van der Waals surface area contributed by atoms with Crippen molar-refractivity contribution in [3.8, 4) is 11.5 Å². The summed E-state index contributed by atoms with van der Waals surface area (Å²) in [6.07, 6.45) is 3.88. The quantitative estimate of drug-likeness (QED) is 0.246. The first-order chi connectivity index (χ1) is 15.8. The van der Waals surface area contributed by atoms with E-state index in [9.17, 15) is 9.90 Å². The van der Waals surface area contributed by atoms with Crippen molar-refractivity contribution < 1.29 is 20.0 Å². The van der Waals surface area contributed by atoms with Crippen molar-refractivity contribution in [1.29, 1.82) is 0 Å². The lowest BCUT2D eigenvalue weighted by atomic mass is 9.91. The van der Waals surface area contributed by atoms with Gasteiger partial charge in [0.1, 0.15) is 11.5 Å². The summed E-state index contributed by atoms with van der Waals surface area (Å²) in [4.78, 5) is 12.1. The van der Waals surface area contributed by atoms with Crippen molar-refractivity contribution in [2.75, 3.05) is 0 Å². The third-order valence-electron chi connectivity index (χ3n) is 5.65. The number of nitrogens with zero attached hydrogens (tertiary/aromatic N) is 1. The van der Waals surface area contributed by atoms with Gasteiger partial charge < -0.3 is 20.1 Å². The summed E-state index contributed by atoms with van der Waals surface area (Å²) in [7, 11) is 0. The molecule has 0 spiro atoms. The molecular formula is C26H27N4O3+. The summed E-state index contributed by atoms with van der Waals surface area (Å²) in [5.74, 6) is -0.0295. The average molecular weight is 444 g/mol. The number of carboxylic acid groups (broad SMARTS) is 1. The molecule has 0 saturated heterocycles. The minimum absolute atomic E-state index is 0.145. The topological polar surface area (TPSA) is 129 Å². The standard InChI is InChI=1S/C26H26N4O3/c1-16(27)30-11-10-23(15-30)33-22-8-6-19(7-9-22)24(26(31)32)13-17-2-3-18-4-5-20(25(28)29)14-21(18)12-17/h2-12,14-16,24H,13,27H2,1H3,(H3,28,29)(H,31,32)/p+1. The number of fused-ring (bicyclic) bond motifs is 1. The number of benzene rings is 3. The smallest absolute Gasteiger partial charge is 0.311 e. The van der Waals surface area contributed by atoms with Crippen molar-refractivity contribution in [2.45, 2.75) is 25.4 Å². The van der Waals surface area contributed by atoms with E-state index >= 15 is 0 Å². The Labute approximate surface area is 191 Å². The molecule has 0 radical (unpaired) electrons. The normalized spacial score (nSPS) is 12.9. The van der Waals surface area contributed by atoms with E-state index in [0.29, 0.717) is 23.5 Å². The van der Waals surface area contributed by atoms with E-state index in [1.54, 1.807) is 24.3 Å². The maximum absolute atomic E-state index is 12.1. The summed E-state index contributed by atoms with van der Waals surface area (Å²) < 4.78 is 7.70. The van der Waals surface area contributed by atoms with Gasteiger partial charge in [0.25, 0.3) is 5.84 Å². The average Bonchev–Trinajstić information content (AvgIpc) is 3.26. The summed E-state index contributed by atoms with van der Waals surface area (Å²) in [6, 6.07) is 20.6. The van der Waals surface area contributed by atoms with Crippen LogP contribution in [0.4, 0.5) is 0 Å². The van der Waals surface area contributed by atoms with Crippen LogP contribution in [-0.2, 0) is 11.2 Å². The highest BCUT2D eigenvalue weighted by Crippen LogP contribution is 2.28. The number of carbonyl (C=O) groups is 1. The Morgan fingerprint density at radius 3 is 2.39 bits per heavy atom. The molecule has 168 valence electrons. The molecule has 0 fully saturated rings. The van der Waals surface area contributed by atoms with Crippen molar-refractivity contribution in [3.05, 3.63) is 95.8 Å². The Morgan fingerprint density at radius 2 is 1.76 bits per heavy atom. The van der Waals surface area contributed by atoms with Crippen molar-refractivity contribution in [3.63, 3.8) is 0 Å². The van der Waals surface area contributed by atoms with Crippen LogP contribution < -0.4 is 21.6 Å². The summed E-state index contributed by atoms with van der Waals surface area (Å²) >= 11 is 0. The molecule has 7 N–H and O–H groups in total. The van der Waals surface area contributed by atoms with Crippen LogP contribution >= 0.6 is 0 Å². The number of hydrogen-bond acceptors (Lipinski definition) is 3. The van der Waals surface area contributed by atoms with Crippen LogP contribution in [0.15, 0.2) is 79.1 Å². The van der Waals surface area contributed by atoms with Crippen LogP contribution in [-0.4, -0.2) is 21.5 Å². The molecule has 7 nitrogen and oxygen atoms in total. The van der Waals surface area contributed by atoms with Crippen LogP contribution in [0, 0.1) is 0 Å². The van der Waals surface area contributed by atoms with Crippen LogP contribution in [0.1, 0.15) is 35.7 Å². The molecule has 0 saturated carbocycles. The molecule has 7 heteroatoms. The van der Waals surface area contributed by atoms with Crippen LogP contribution in [0.5, 0.6) is 11.5 Å². The highest BCUT2D eigenvalue weighted by molar-refractivity contribution is 5.97. The second-order valence-electron chi connectivity index (χ2n) is 8.15. The zero-order valence-electron chi connectivity index (χ0n) is 18.3. The molecular weight excluding hydrogens is 416 g/mol. The van der Waals surface area contributed by atoms with E-state index in [2.05, 4.69) is 0 Å². The maximum atomic E-state index is 12.1. The number of amidine groups is 1. The zero-order chi connectivity index (χ0) is 23.5. The highest BCUT2D eigenvalue weighted by Gasteiger charge is 2.21. The molecule has 33 heavy (non-hydrogen) atoms. The number of rotatable bonds is 8. The van der Waals surface area contributed by atoms with Gasteiger partial charge in [-0.1, -0.05) is 36.4 Å². The lowest BCUT2D eigenvalue weighted by Crippen LogP contribution is -2.46. The molecule has 0 aliphatic rings. The molecule has 0 aliphatic carbocycles. The molecule has 0 bridgehead atoms. The third-order valence-corrected chi connectivity index (χ3v) is 5.65. The van der Waals surface area contributed by atoms with Gasteiger partial charge in [-0.2, -0.15) is 0 Å². The van der Waals surface area contributed by atoms with Gasteiger partial charge in [-0.15, -0.1) is 0 Å². The minimum Gasteiger partial charge on any atom is -0.481 e. The number of hydrogen-bond donors (Lipinski definition) is 4. The highest BCUT2D eigenvalue weighted by atomic mass is 16.5. The van der Waals surface area contributed by atoms with E-state index in [1.165, 1.54) is 0 Å². The van der Waals surface area contributed by atoms with Crippen molar-refractivity contribution in [2.24, 2.45) is 11.5 Å². The maximum Gasteiger partial charge on any atom is 0.311 e. The second-order valence-corrected chi connectivity index (χ2v) is 8.15. The molecule has 2 unspecified atom stereocenters. The predicted octanol–water partition coefficient (Wildman–Crippen LogP) is 2.79. The third kappa shape index (κ3) is 5.05. The van der Waals surface area contributed by atoms with Gasteiger partial charge >= 0.3 is 5.97 Å². The summed E-state index contributed by atoms with van der Waals surface area (Å²) in [5.41, 5.74) is 13.9. The number of aromatic nitrogens is 1. The van der Waals surface area contributed by atoms with E-state index in [4.69, 9.17) is 21.6 Å². The number of aliphatic carboxylic acids is 1. The molecule has 4 aromatic rings. The Morgan fingerprint density at radius 1 is 1.03 bits per heavy atom. The largest absolute Gasteiger partial charge is 0.481 e. The molecule has 1 aromatic heterocycles. The predicted molar refractivity (Wildman–Crippen MR) is 128 cm³/mol. The van der Waals surface area contributed by atoms with Crippen LogP contribution in [0.3, 0.4) is 0 Å². The van der Waals surface area contributed by atoms with Gasteiger partial charge in [0.2, 0.25) is 0 Å². The number of carboxylic acids is 1. The molecule has 4 rings (SSSR count). The summed E-state index contributed by atoms with van der Waals surface area (Å²) in [6.45, 7) is 1.88. The minimum atomic E-state index is -0.883. The fourth-order valence-electron chi connectivity index (χ4n) is 3.80. The lowest BCUT2D eigenvalue weighted by Gasteiger charge is -2.14. The SMILES string of the molecule is CC(N)n1ccc(Oc2ccc(C(Cc3ccc4ccc(C(N)=[NH2+])cc4c3)C(=O)O)cc2)c1. The summed E-state index contributed by atoms with van der Waals surface area (Å²) in [5, 5.41) is 17.6. The number of ether oxygens (including phenoxy) is 1. The van der Waals surface area contributed by atoms with E-state index in [0.717, 1.165) is 21.9 Å². The van der Waals surface area contributed by atoms with Crippen molar-refractivity contribution in [1.82, 2.24) is 4.57 Å². The number of nitrogens with two attached hydrogens (primary N) is 3. The van der Waals surface area contributed by atoms with Crippen LogP contribution in [0.2, 0.25) is 0 Å². The second kappa shape index (κ2) is 9.18.